The largest absolute Gasteiger partial charge is 0.225 e. The zero-order valence-corrected chi connectivity index (χ0v) is 7.75. The number of nitrogens with zero attached hydrogens (tertiary/aromatic N) is 4. The number of thiophene rings is 1. The van der Waals surface area contributed by atoms with E-state index in [4.69, 9.17) is 0 Å². The van der Waals surface area contributed by atoms with Gasteiger partial charge in [-0.3, -0.25) is 0 Å². The van der Waals surface area contributed by atoms with Gasteiger partial charge in [-0.15, -0.1) is 11.3 Å². The second-order valence-electron chi connectivity index (χ2n) is 2.81. The van der Waals surface area contributed by atoms with E-state index in [1.54, 1.807) is 22.2 Å². The van der Waals surface area contributed by atoms with E-state index in [2.05, 4.69) is 15.1 Å². The van der Waals surface area contributed by atoms with Crippen molar-refractivity contribution in [2.45, 2.75) is 6.92 Å². The van der Waals surface area contributed by atoms with Crippen LogP contribution < -0.4 is 0 Å². The molecule has 3 aromatic heterocycles. The van der Waals surface area contributed by atoms with Crippen LogP contribution in [0.15, 0.2) is 17.8 Å². The summed E-state index contributed by atoms with van der Waals surface area (Å²) in [5, 5.41) is 7.28. The van der Waals surface area contributed by atoms with E-state index in [1.165, 1.54) is 0 Å². The maximum Gasteiger partial charge on any atom is 0.167 e. The van der Waals surface area contributed by atoms with E-state index >= 15 is 0 Å². The fraction of sp³-hybridized carbons (Fsp3) is 0.125. The fourth-order valence-electron chi connectivity index (χ4n) is 1.37. The Morgan fingerprint density at radius 1 is 1.46 bits per heavy atom. The van der Waals surface area contributed by atoms with Crippen LogP contribution in [0.25, 0.3) is 15.9 Å². The van der Waals surface area contributed by atoms with E-state index in [9.17, 15) is 0 Å². The van der Waals surface area contributed by atoms with E-state index in [0.29, 0.717) is 0 Å². The number of aryl methyl sites for hydroxylation is 1. The minimum absolute atomic E-state index is 0.778. The Bertz CT molecular complexity index is 580. The first-order valence-corrected chi connectivity index (χ1v) is 4.78. The summed E-state index contributed by atoms with van der Waals surface area (Å²) in [5.41, 5.74) is 0.892. The minimum Gasteiger partial charge on any atom is -0.225 e. The summed E-state index contributed by atoms with van der Waals surface area (Å²) in [6, 6.07) is 2.02. The van der Waals surface area contributed by atoms with Crippen LogP contribution in [0, 0.1) is 6.92 Å². The third-order valence-corrected chi connectivity index (χ3v) is 2.73. The number of rotatable bonds is 0. The van der Waals surface area contributed by atoms with Gasteiger partial charge in [0.2, 0.25) is 0 Å². The highest BCUT2D eigenvalue weighted by Crippen LogP contribution is 2.21. The highest BCUT2D eigenvalue weighted by molar-refractivity contribution is 7.16. The molecule has 0 saturated carbocycles. The molecule has 0 bridgehead atoms. The van der Waals surface area contributed by atoms with Gasteiger partial charge in [0.1, 0.15) is 17.0 Å². The Hall–Kier alpha value is -1.49. The predicted molar refractivity (Wildman–Crippen MR) is 50.9 cm³/mol. The lowest BCUT2D eigenvalue weighted by Gasteiger charge is -1.90. The molecule has 0 amide bonds. The van der Waals surface area contributed by atoms with Crippen LogP contribution in [-0.4, -0.2) is 19.6 Å². The third-order valence-electron chi connectivity index (χ3n) is 1.91. The van der Waals surface area contributed by atoms with E-state index in [0.717, 1.165) is 21.7 Å². The van der Waals surface area contributed by atoms with Crippen molar-refractivity contribution in [1.82, 2.24) is 19.6 Å². The zero-order valence-electron chi connectivity index (χ0n) is 6.93. The molecule has 13 heavy (non-hydrogen) atoms. The van der Waals surface area contributed by atoms with Crippen LogP contribution in [0.1, 0.15) is 5.82 Å². The van der Waals surface area contributed by atoms with Crippen molar-refractivity contribution in [3.8, 4) is 0 Å². The molecule has 0 saturated heterocycles. The van der Waals surface area contributed by atoms with Crippen molar-refractivity contribution in [2.75, 3.05) is 0 Å². The second kappa shape index (κ2) is 2.26. The standard InChI is InChI=1S/C8H6N4S/c1-5-10-7-6-2-3-13-8(6)9-4-12(7)11-5/h2-4H,1H3. The van der Waals surface area contributed by atoms with Gasteiger partial charge in [0, 0.05) is 0 Å². The van der Waals surface area contributed by atoms with Gasteiger partial charge in [0.25, 0.3) is 0 Å². The SMILES string of the molecule is Cc1nc2c3ccsc3ncn2n1. The molecule has 3 rings (SSSR count). The number of hydrogen-bond acceptors (Lipinski definition) is 4. The molecule has 3 heterocycles. The molecule has 0 N–H and O–H groups in total. The smallest absolute Gasteiger partial charge is 0.167 e. The van der Waals surface area contributed by atoms with Crippen molar-refractivity contribution in [3.05, 3.63) is 23.6 Å². The van der Waals surface area contributed by atoms with E-state index < -0.39 is 0 Å². The average molecular weight is 190 g/mol. The summed E-state index contributed by atoms with van der Waals surface area (Å²) in [7, 11) is 0. The molecule has 0 aliphatic heterocycles. The molecule has 0 unspecified atom stereocenters. The first-order valence-electron chi connectivity index (χ1n) is 3.90. The maximum absolute atomic E-state index is 4.33. The molecule has 0 aromatic carbocycles. The Morgan fingerprint density at radius 3 is 3.31 bits per heavy atom. The van der Waals surface area contributed by atoms with Gasteiger partial charge >= 0.3 is 0 Å². The van der Waals surface area contributed by atoms with Crippen molar-refractivity contribution in [1.29, 1.82) is 0 Å². The molecular formula is C8H6N4S. The first-order chi connectivity index (χ1) is 6.34. The van der Waals surface area contributed by atoms with Gasteiger partial charge in [-0.25, -0.2) is 14.5 Å². The van der Waals surface area contributed by atoms with Crippen molar-refractivity contribution in [3.63, 3.8) is 0 Å². The van der Waals surface area contributed by atoms with Gasteiger partial charge in [-0.05, 0) is 18.4 Å². The molecule has 0 atom stereocenters. The van der Waals surface area contributed by atoms with Crippen LogP contribution in [0.4, 0.5) is 0 Å². The Labute approximate surface area is 77.9 Å². The lowest BCUT2D eigenvalue weighted by atomic mass is 10.4. The molecule has 5 heteroatoms. The number of aromatic nitrogens is 4. The van der Waals surface area contributed by atoms with Crippen molar-refractivity contribution in [2.24, 2.45) is 0 Å². The van der Waals surface area contributed by atoms with Gasteiger partial charge in [-0.1, -0.05) is 0 Å². The van der Waals surface area contributed by atoms with Gasteiger partial charge in [-0.2, -0.15) is 5.10 Å². The molecule has 64 valence electrons. The Kier molecular flexibility index (Phi) is 1.21. The molecule has 0 fully saturated rings. The van der Waals surface area contributed by atoms with Crippen LogP contribution in [0.3, 0.4) is 0 Å². The van der Waals surface area contributed by atoms with Crippen molar-refractivity contribution >= 4 is 27.2 Å². The van der Waals surface area contributed by atoms with Crippen LogP contribution in [0.2, 0.25) is 0 Å². The highest BCUT2D eigenvalue weighted by Gasteiger charge is 2.05. The van der Waals surface area contributed by atoms with Crippen LogP contribution >= 0.6 is 11.3 Å². The number of hydrogen-bond donors (Lipinski definition) is 0. The van der Waals surface area contributed by atoms with Crippen molar-refractivity contribution < 1.29 is 0 Å². The third kappa shape index (κ3) is 0.874. The molecule has 0 aliphatic carbocycles. The van der Waals surface area contributed by atoms with Gasteiger partial charge in [0.05, 0.1) is 5.39 Å². The van der Waals surface area contributed by atoms with Crippen LogP contribution in [0.5, 0.6) is 0 Å². The maximum atomic E-state index is 4.33. The second-order valence-corrected chi connectivity index (χ2v) is 3.71. The first kappa shape index (κ1) is 6.97. The van der Waals surface area contributed by atoms with E-state index in [1.807, 2.05) is 18.4 Å². The molecule has 4 nitrogen and oxygen atoms in total. The molecule has 0 spiro atoms. The molecule has 0 aliphatic rings. The average Bonchev–Trinajstić information content (AvgIpc) is 2.65. The van der Waals surface area contributed by atoms with Gasteiger partial charge < -0.3 is 0 Å². The molecule has 3 aromatic rings. The monoisotopic (exact) mass is 190 g/mol. The van der Waals surface area contributed by atoms with E-state index in [-0.39, 0.29) is 0 Å². The minimum atomic E-state index is 0.778. The summed E-state index contributed by atoms with van der Waals surface area (Å²) in [4.78, 5) is 9.61. The summed E-state index contributed by atoms with van der Waals surface area (Å²) in [6.07, 6.45) is 1.70. The fourth-order valence-corrected chi connectivity index (χ4v) is 2.10. The highest BCUT2D eigenvalue weighted by atomic mass is 32.1. The van der Waals surface area contributed by atoms with Gasteiger partial charge in [0.15, 0.2) is 5.65 Å². The summed E-state index contributed by atoms with van der Waals surface area (Å²) in [5.74, 6) is 0.778. The zero-order chi connectivity index (χ0) is 8.84. The molecular weight excluding hydrogens is 184 g/mol. The predicted octanol–water partition coefficient (Wildman–Crippen LogP) is 1.65. The Balaban J connectivity index is 2.64. The topological polar surface area (TPSA) is 43.1 Å². The Morgan fingerprint density at radius 2 is 2.38 bits per heavy atom. The lowest BCUT2D eigenvalue weighted by molar-refractivity contribution is 0.910. The molecule has 0 radical (unpaired) electrons. The summed E-state index contributed by atoms with van der Waals surface area (Å²) in [6.45, 7) is 1.88. The quantitative estimate of drug-likeness (QED) is 0.541. The summed E-state index contributed by atoms with van der Waals surface area (Å²) < 4.78 is 1.71. The summed E-state index contributed by atoms with van der Waals surface area (Å²) >= 11 is 1.62. The van der Waals surface area contributed by atoms with Crippen LogP contribution in [-0.2, 0) is 0 Å². The lowest BCUT2D eigenvalue weighted by Crippen LogP contribution is -1.88. The normalized spacial score (nSPS) is 11.5. The number of fused-ring (bicyclic) bond motifs is 3.